The van der Waals surface area contributed by atoms with Gasteiger partial charge in [0, 0.05) is 25.3 Å². The van der Waals surface area contributed by atoms with Crippen molar-refractivity contribution in [3.63, 3.8) is 0 Å². The van der Waals surface area contributed by atoms with Crippen LogP contribution in [0, 0.1) is 5.41 Å². The molecule has 4 amide bonds. The van der Waals surface area contributed by atoms with Crippen molar-refractivity contribution in [2.45, 2.75) is 83.0 Å². The summed E-state index contributed by atoms with van der Waals surface area (Å²) >= 11 is 0. The number of carbonyl (C=O) groups is 4. The molecule has 3 aromatic rings. The van der Waals surface area contributed by atoms with Crippen LogP contribution in [0.25, 0.3) is 0 Å². The molecule has 0 spiro atoms. The standard InChI is InChI=1S/C39H50N6O5/c1-38(2,3)23-41-34(46)22-33(44-36(48)31-17-9-10-21-40-31)37(49)43-32(20-19-27-12-5-4-6-13-27)35(47)42-24-39(25-50-26-39)45-30-18-11-15-28-14-7-8-16-29(28)30/h4-10,12-14,16-17,21,30,32-33,45H,11,15,18-20,22-26H2,1-3H3,(H,41,46)(H,42,47)(H,43,49)(H,44,48)/t30-,32-,33+/m1/s1. The number of fused-ring (bicyclic) bond motifs is 1. The van der Waals surface area contributed by atoms with E-state index in [-0.39, 0.29) is 29.5 Å². The number of pyridine rings is 1. The van der Waals surface area contributed by atoms with E-state index in [0.29, 0.717) is 39.1 Å². The molecule has 11 nitrogen and oxygen atoms in total. The number of amides is 4. The Bertz CT molecular complexity index is 1610. The van der Waals surface area contributed by atoms with Crippen molar-refractivity contribution in [1.82, 2.24) is 31.6 Å². The number of carbonyl (C=O) groups excluding carboxylic acids is 4. The number of nitrogens with one attached hydrogen (secondary N) is 5. The third-order valence-corrected chi connectivity index (χ3v) is 9.13. The molecule has 1 aliphatic carbocycles. The normalized spacial score (nSPS) is 17.6. The van der Waals surface area contributed by atoms with E-state index in [2.05, 4.69) is 55.8 Å². The lowest BCUT2D eigenvalue weighted by Gasteiger charge is -2.46. The van der Waals surface area contributed by atoms with Crippen LogP contribution in [0.2, 0.25) is 0 Å². The molecule has 2 aromatic carbocycles. The van der Waals surface area contributed by atoms with Gasteiger partial charge in [0.15, 0.2) is 0 Å². The highest BCUT2D eigenvalue weighted by Gasteiger charge is 2.42. The minimum atomic E-state index is -1.24. The quantitative estimate of drug-likeness (QED) is 0.165. The second-order valence-corrected chi connectivity index (χ2v) is 14.6. The van der Waals surface area contributed by atoms with Crippen molar-refractivity contribution in [3.8, 4) is 0 Å². The van der Waals surface area contributed by atoms with E-state index in [1.54, 1.807) is 12.1 Å². The number of hydrogen-bond donors (Lipinski definition) is 5. The average Bonchev–Trinajstić information content (AvgIpc) is 3.10. The predicted octanol–water partition coefficient (Wildman–Crippen LogP) is 3.40. The molecule has 5 rings (SSSR count). The Morgan fingerprint density at radius 2 is 1.62 bits per heavy atom. The highest BCUT2D eigenvalue weighted by molar-refractivity contribution is 5.98. The maximum absolute atomic E-state index is 13.9. The lowest BCUT2D eigenvalue weighted by Crippen LogP contribution is -2.67. The molecular weight excluding hydrogens is 632 g/mol. The van der Waals surface area contributed by atoms with Gasteiger partial charge in [0.25, 0.3) is 5.91 Å². The van der Waals surface area contributed by atoms with Gasteiger partial charge in [-0.3, -0.25) is 29.5 Å². The lowest BCUT2D eigenvalue weighted by molar-refractivity contribution is -0.132. The Morgan fingerprint density at radius 3 is 2.32 bits per heavy atom. The van der Waals surface area contributed by atoms with Gasteiger partial charge in [0.2, 0.25) is 17.7 Å². The molecule has 50 heavy (non-hydrogen) atoms. The van der Waals surface area contributed by atoms with Crippen LogP contribution in [0.5, 0.6) is 0 Å². The first kappa shape index (κ1) is 36.7. The number of aryl methyl sites for hydroxylation is 2. The van der Waals surface area contributed by atoms with Gasteiger partial charge in [-0.15, -0.1) is 0 Å². The fraction of sp³-hybridized carbons (Fsp3) is 0.462. The average molecular weight is 683 g/mol. The molecule has 3 atom stereocenters. The monoisotopic (exact) mass is 682 g/mol. The highest BCUT2D eigenvalue weighted by Crippen LogP contribution is 2.32. The maximum Gasteiger partial charge on any atom is 0.270 e. The lowest BCUT2D eigenvalue weighted by atomic mass is 9.85. The summed E-state index contributed by atoms with van der Waals surface area (Å²) in [4.78, 5) is 58.0. The Kier molecular flexibility index (Phi) is 12.4. The van der Waals surface area contributed by atoms with Crippen LogP contribution in [0.15, 0.2) is 79.0 Å². The topological polar surface area (TPSA) is 151 Å². The van der Waals surface area contributed by atoms with Crippen LogP contribution in [-0.2, 0) is 32.0 Å². The Hall–Kier alpha value is -4.61. The van der Waals surface area contributed by atoms with E-state index in [9.17, 15) is 19.2 Å². The summed E-state index contributed by atoms with van der Waals surface area (Å²) in [5.74, 6) is -1.97. The third-order valence-electron chi connectivity index (χ3n) is 9.13. The molecule has 0 bridgehead atoms. The van der Waals surface area contributed by atoms with Crippen LogP contribution in [0.4, 0.5) is 0 Å². The summed E-state index contributed by atoms with van der Waals surface area (Å²) in [5, 5.41) is 15.3. The highest BCUT2D eigenvalue weighted by atomic mass is 16.5. The van der Waals surface area contributed by atoms with E-state index >= 15 is 0 Å². The molecular formula is C39H50N6O5. The SMILES string of the molecule is CC(C)(C)CNC(=O)C[C@H](NC(=O)c1ccccn1)C(=O)N[C@H](CCc1ccccc1)C(=O)NCC1(N[C@@H]2CCCc3ccccc32)COC1. The summed E-state index contributed by atoms with van der Waals surface area (Å²) < 4.78 is 5.65. The van der Waals surface area contributed by atoms with E-state index < -0.39 is 35.3 Å². The van der Waals surface area contributed by atoms with Crippen LogP contribution >= 0.6 is 0 Å². The van der Waals surface area contributed by atoms with Gasteiger partial charge in [-0.25, -0.2) is 0 Å². The fourth-order valence-electron chi connectivity index (χ4n) is 6.29. The Balaban J connectivity index is 1.29. The molecule has 5 N–H and O–H groups in total. The molecule has 2 aliphatic rings. The molecule has 1 saturated heterocycles. The molecule has 0 radical (unpaired) electrons. The van der Waals surface area contributed by atoms with E-state index in [1.807, 2.05) is 51.1 Å². The van der Waals surface area contributed by atoms with Gasteiger partial charge in [-0.1, -0.05) is 81.4 Å². The number of benzene rings is 2. The van der Waals surface area contributed by atoms with Gasteiger partial charge < -0.3 is 26.0 Å². The van der Waals surface area contributed by atoms with Crippen LogP contribution in [-0.4, -0.2) is 72.5 Å². The van der Waals surface area contributed by atoms with Crippen molar-refractivity contribution < 1.29 is 23.9 Å². The van der Waals surface area contributed by atoms with Gasteiger partial charge in [-0.2, -0.15) is 0 Å². The predicted molar refractivity (Wildman–Crippen MR) is 191 cm³/mol. The zero-order chi connectivity index (χ0) is 35.6. The van der Waals surface area contributed by atoms with E-state index in [4.69, 9.17) is 4.74 Å². The summed E-state index contributed by atoms with van der Waals surface area (Å²) in [6.45, 7) is 7.58. The van der Waals surface area contributed by atoms with Crippen molar-refractivity contribution in [1.29, 1.82) is 0 Å². The number of rotatable bonds is 15. The van der Waals surface area contributed by atoms with Crippen LogP contribution in [0.3, 0.4) is 0 Å². The molecule has 1 aromatic heterocycles. The third kappa shape index (κ3) is 10.4. The van der Waals surface area contributed by atoms with Gasteiger partial charge in [-0.05, 0) is 66.3 Å². The van der Waals surface area contributed by atoms with Crippen molar-refractivity contribution in [3.05, 3.63) is 101 Å². The minimum absolute atomic E-state index is 0.111. The van der Waals surface area contributed by atoms with E-state index in [0.717, 1.165) is 24.8 Å². The summed E-state index contributed by atoms with van der Waals surface area (Å²) in [7, 11) is 0. The molecule has 1 fully saturated rings. The number of nitrogens with zero attached hydrogens (tertiary/aromatic N) is 1. The Morgan fingerprint density at radius 1 is 0.880 bits per heavy atom. The summed E-state index contributed by atoms with van der Waals surface area (Å²) in [6, 6.07) is 21.1. The van der Waals surface area contributed by atoms with Crippen molar-refractivity contribution in [2.24, 2.45) is 5.41 Å². The molecule has 1 aliphatic heterocycles. The minimum Gasteiger partial charge on any atom is -0.377 e. The molecule has 0 unspecified atom stereocenters. The van der Waals surface area contributed by atoms with E-state index in [1.165, 1.54) is 23.4 Å². The largest absolute Gasteiger partial charge is 0.377 e. The van der Waals surface area contributed by atoms with Gasteiger partial charge >= 0.3 is 0 Å². The first-order valence-electron chi connectivity index (χ1n) is 17.5. The Labute approximate surface area is 294 Å². The number of aromatic nitrogens is 1. The first-order valence-corrected chi connectivity index (χ1v) is 17.5. The van der Waals surface area contributed by atoms with Crippen molar-refractivity contribution in [2.75, 3.05) is 26.3 Å². The number of ether oxygens (including phenoxy) is 1. The van der Waals surface area contributed by atoms with Crippen LogP contribution < -0.4 is 26.6 Å². The zero-order valence-corrected chi connectivity index (χ0v) is 29.3. The summed E-state index contributed by atoms with van der Waals surface area (Å²) in [6.07, 6.45) is 5.15. The second-order valence-electron chi connectivity index (χ2n) is 14.6. The van der Waals surface area contributed by atoms with Gasteiger partial charge in [0.1, 0.15) is 17.8 Å². The fourth-order valence-corrected chi connectivity index (χ4v) is 6.29. The van der Waals surface area contributed by atoms with Gasteiger partial charge in [0.05, 0.1) is 25.2 Å². The smallest absolute Gasteiger partial charge is 0.270 e. The number of hydrogen-bond acceptors (Lipinski definition) is 7. The molecule has 11 heteroatoms. The first-order chi connectivity index (χ1) is 24.0. The maximum atomic E-state index is 13.9. The molecule has 2 heterocycles. The molecule has 0 saturated carbocycles. The second kappa shape index (κ2) is 16.9. The zero-order valence-electron chi connectivity index (χ0n) is 29.3. The summed E-state index contributed by atoms with van der Waals surface area (Å²) in [5.41, 5.74) is 3.14. The van der Waals surface area contributed by atoms with Crippen molar-refractivity contribution >= 4 is 23.6 Å². The van der Waals surface area contributed by atoms with Crippen LogP contribution in [0.1, 0.15) is 79.7 Å². The molecule has 266 valence electrons.